The summed E-state index contributed by atoms with van der Waals surface area (Å²) in [5, 5.41) is 18.1. The number of amides is 1. The summed E-state index contributed by atoms with van der Waals surface area (Å²) < 4.78 is 0. The zero-order chi connectivity index (χ0) is 13.4. The maximum Gasteiger partial charge on any atom is 0.244 e. The summed E-state index contributed by atoms with van der Waals surface area (Å²) in [6, 6.07) is 11.1. The van der Waals surface area contributed by atoms with Crippen molar-refractivity contribution in [3.05, 3.63) is 35.9 Å². The van der Waals surface area contributed by atoms with Gasteiger partial charge in [0, 0.05) is 13.1 Å². The number of hydrogen-bond acceptors (Lipinski definition) is 3. The summed E-state index contributed by atoms with van der Waals surface area (Å²) in [7, 11) is 0. The molecule has 0 saturated heterocycles. The molecule has 1 rings (SSSR count). The predicted molar refractivity (Wildman–Crippen MR) is 68.8 cm³/mol. The zero-order valence-electron chi connectivity index (χ0n) is 10.5. The molecular formula is C14H18N2O2. The van der Waals surface area contributed by atoms with Gasteiger partial charge in [-0.1, -0.05) is 37.3 Å². The van der Waals surface area contributed by atoms with Crippen LogP contribution < -0.4 is 0 Å². The second kappa shape index (κ2) is 7.46. The van der Waals surface area contributed by atoms with Gasteiger partial charge in [0.15, 0.2) is 0 Å². The Morgan fingerprint density at radius 1 is 1.39 bits per heavy atom. The van der Waals surface area contributed by atoms with Crippen molar-refractivity contribution in [2.24, 2.45) is 0 Å². The molecule has 0 saturated carbocycles. The van der Waals surface area contributed by atoms with E-state index in [1.54, 1.807) is 17.0 Å². The van der Waals surface area contributed by atoms with Gasteiger partial charge in [-0.3, -0.25) is 4.79 Å². The molecule has 1 amide bonds. The number of carbonyl (C=O) groups is 1. The van der Waals surface area contributed by atoms with Gasteiger partial charge in [-0.05, 0) is 12.0 Å². The Morgan fingerprint density at radius 2 is 2.06 bits per heavy atom. The van der Waals surface area contributed by atoms with Crippen molar-refractivity contribution in [2.45, 2.75) is 19.3 Å². The van der Waals surface area contributed by atoms with Gasteiger partial charge in [0.25, 0.3) is 0 Å². The molecule has 0 heterocycles. The second-order valence-corrected chi connectivity index (χ2v) is 4.02. The smallest absolute Gasteiger partial charge is 0.244 e. The Kier molecular flexibility index (Phi) is 5.89. The fraction of sp³-hybridized carbons (Fsp3) is 0.429. The third-order valence-corrected chi connectivity index (χ3v) is 2.68. The lowest BCUT2D eigenvalue weighted by atomic mass is 9.99. The van der Waals surface area contributed by atoms with E-state index in [0.717, 1.165) is 6.42 Å². The molecule has 1 unspecified atom stereocenters. The summed E-state index contributed by atoms with van der Waals surface area (Å²) in [6.45, 7) is 2.71. The molecule has 1 N–H and O–H groups in total. The Bertz CT molecular complexity index is 406. The van der Waals surface area contributed by atoms with Crippen molar-refractivity contribution in [1.29, 1.82) is 5.26 Å². The summed E-state index contributed by atoms with van der Waals surface area (Å²) in [6.07, 6.45) is 0.804. The summed E-state index contributed by atoms with van der Waals surface area (Å²) in [5.41, 5.74) is 0.698. The highest BCUT2D eigenvalue weighted by Crippen LogP contribution is 2.17. The van der Waals surface area contributed by atoms with Gasteiger partial charge in [-0.15, -0.1) is 0 Å². The van der Waals surface area contributed by atoms with Crippen molar-refractivity contribution in [1.82, 2.24) is 4.90 Å². The first kappa shape index (κ1) is 14.2. The maximum absolute atomic E-state index is 12.2. The molecular weight excluding hydrogens is 228 g/mol. The van der Waals surface area contributed by atoms with Crippen LogP contribution in [-0.4, -0.2) is 35.6 Å². The molecule has 4 nitrogen and oxygen atoms in total. The van der Waals surface area contributed by atoms with E-state index in [0.29, 0.717) is 12.1 Å². The molecule has 4 heteroatoms. The van der Waals surface area contributed by atoms with Crippen molar-refractivity contribution in [3.63, 3.8) is 0 Å². The zero-order valence-corrected chi connectivity index (χ0v) is 10.5. The van der Waals surface area contributed by atoms with E-state index in [1.165, 1.54) is 0 Å². The molecule has 0 aliphatic carbocycles. The quantitative estimate of drug-likeness (QED) is 0.827. The number of hydrogen-bond donors (Lipinski definition) is 1. The number of benzene rings is 1. The normalized spacial score (nSPS) is 11.6. The summed E-state index contributed by atoms with van der Waals surface area (Å²) >= 11 is 0. The number of carbonyl (C=O) groups excluding carboxylic acids is 1. The third kappa shape index (κ3) is 3.57. The topological polar surface area (TPSA) is 64.3 Å². The van der Waals surface area contributed by atoms with Crippen LogP contribution in [0.1, 0.15) is 24.8 Å². The van der Waals surface area contributed by atoms with Gasteiger partial charge in [0.1, 0.15) is 5.92 Å². The molecule has 1 aromatic rings. The number of nitrogens with zero attached hydrogens (tertiary/aromatic N) is 2. The summed E-state index contributed by atoms with van der Waals surface area (Å²) in [4.78, 5) is 13.8. The average molecular weight is 246 g/mol. The number of nitriles is 1. The van der Waals surface area contributed by atoms with Crippen LogP contribution >= 0.6 is 0 Å². The van der Waals surface area contributed by atoms with Crippen molar-refractivity contribution < 1.29 is 9.90 Å². The van der Waals surface area contributed by atoms with Crippen LogP contribution in [0.4, 0.5) is 0 Å². The molecule has 0 spiro atoms. The minimum atomic E-state index is -0.788. The van der Waals surface area contributed by atoms with Crippen LogP contribution in [-0.2, 0) is 4.79 Å². The lowest BCUT2D eigenvalue weighted by Gasteiger charge is -2.23. The molecule has 96 valence electrons. The molecule has 1 aromatic carbocycles. The van der Waals surface area contributed by atoms with E-state index in [-0.39, 0.29) is 19.1 Å². The first-order valence-electron chi connectivity index (χ1n) is 6.08. The van der Waals surface area contributed by atoms with Gasteiger partial charge in [0.05, 0.1) is 12.7 Å². The fourth-order valence-electron chi connectivity index (χ4n) is 1.82. The van der Waals surface area contributed by atoms with Gasteiger partial charge < -0.3 is 10.0 Å². The second-order valence-electron chi connectivity index (χ2n) is 4.02. The first-order valence-corrected chi connectivity index (χ1v) is 6.08. The highest BCUT2D eigenvalue weighted by molar-refractivity contribution is 5.86. The standard InChI is InChI=1S/C14H18N2O2/c1-2-8-16(9-10-17)14(18)13(11-15)12-6-4-3-5-7-12/h3-7,13,17H,2,8-10H2,1H3. The minimum absolute atomic E-state index is 0.0846. The molecule has 0 aromatic heterocycles. The summed E-state index contributed by atoms with van der Waals surface area (Å²) in [5.74, 6) is -1.02. The molecule has 0 bridgehead atoms. The number of rotatable bonds is 6. The van der Waals surface area contributed by atoms with E-state index in [4.69, 9.17) is 5.11 Å². The van der Waals surface area contributed by atoms with E-state index in [9.17, 15) is 10.1 Å². The molecule has 0 fully saturated rings. The van der Waals surface area contributed by atoms with Crippen LogP contribution in [0.5, 0.6) is 0 Å². The van der Waals surface area contributed by atoms with Crippen LogP contribution in [0.2, 0.25) is 0 Å². The number of aliphatic hydroxyl groups excluding tert-OH is 1. The van der Waals surface area contributed by atoms with Crippen LogP contribution in [0.25, 0.3) is 0 Å². The van der Waals surface area contributed by atoms with E-state index >= 15 is 0 Å². The minimum Gasteiger partial charge on any atom is -0.395 e. The predicted octanol–water partition coefficient (Wildman–Crippen LogP) is 1.52. The van der Waals surface area contributed by atoms with Crippen LogP contribution in [0.3, 0.4) is 0 Å². The van der Waals surface area contributed by atoms with E-state index in [2.05, 4.69) is 0 Å². The maximum atomic E-state index is 12.2. The molecule has 0 aliphatic rings. The van der Waals surface area contributed by atoms with E-state index < -0.39 is 5.92 Å². The Balaban J connectivity index is 2.88. The van der Waals surface area contributed by atoms with Crippen LogP contribution in [0, 0.1) is 11.3 Å². The van der Waals surface area contributed by atoms with Crippen LogP contribution in [0.15, 0.2) is 30.3 Å². The van der Waals surface area contributed by atoms with Crippen molar-refractivity contribution >= 4 is 5.91 Å². The average Bonchev–Trinajstić information content (AvgIpc) is 2.40. The lowest BCUT2D eigenvalue weighted by molar-refractivity contribution is -0.132. The molecule has 1 atom stereocenters. The van der Waals surface area contributed by atoms with E-state index in [1.807, 2.05) is 31.2 Å². The SMILES string of the molecule is CCCN(CCO)C(=O)C(C#N)c1ccccc1. The van der Waals surface area contributed by atoms with Gasteiger partial charge in [-0.25, -0.2) is 0 Å². The first-order chi connectivity index (χ1) is 8.74. The Morgan fingerprint density at radius 3 is 2.56 bits per heavy atom. The third-order valence-electron chi connectivity index (χ3n) is 2.68. The fourth-order valence-corrected chi connectivity index (χ4v) is 1.82. The number of aliphatic hydroxyl groups is 1. The van der Waals surface area contributed by atoms with Crippen molar-refractivity contribution in [3.8, 4) is 6.07 Å². The monoisotopic (exact) mass is 246 g/mol. The molecule has 0 aliphatic heterocycles. The van der Waals surface area contributed by atoms with Crippen molar-refractivity contribution in [2.75, 3.05) is 19.7 Å². The lowest BCUT2D eigenvalue weighted by Crippen LogP contribution is -2.37. The molecule has 0 radical (unpaired) electrons. The highest BCUT2D eigenvalue weighted by Gasteiger charge is 2.24. The largest absolute Gasteiger partial charge is 0.395 e. The Hall–Kier alpha value is -1.86. The highest BCUT2D eigenvalue weighted by atomic mass is 16.3. The molecule has 18 heavy (non-hydrogen) atoms. The van der Waals surface area contributed by atoms with Gasteiger partial charge in [0.2, 0.25) is 5.91 Å². The van der Waals surface area contributed by atoms with Gasteiger partial charge >= 0.3 is 0 Å². The van der Waals surface area contributed by atoms with Gasteiger partial charge in [-0.2, -0.15) is 5.26 Å². The Labute approximate surface area is 107 Å².